The highest BCUT2D eigenvalue weighted by Gasteiger charge is 2.40. The maximum Gasteiger partial charge on any atom is 0.278 e. The average molecular weight is 540 g/mol. The fraction of sp³-hybridized carbons (Fsp3) is 0.367. The predicted octanol–water partition coefficient (Wildman–Crippen LogP) is 3.34. The third kappa shape index (κ3) is 4.73. The van der Waals surface area contributed by atoms with E-state index in [2.05, 4.69) is 31.7 Å². The molecule has 1 unspecified atom stereocenters. The van der Waals surface area contributed by atoms with Gasteiger partial charge in [0.15, 0.2) is 17.2 Å². The van der Waals surface area contributed by atoms with Crippen LogP contribution in [0.5, 0.6) is 0 Å². The number of rotatable bonds is 8. The van der Waals surface area contributed by atoms with Crippen molar-refractivity contribution >= 4 is 28.5 Å². The van der Waals surface area contributed by atoms with Gasteiger partial charge in [0.1, 0.15) is 11.0 Å². The number of benzene rings is 1. The van der Waals surface area contributed by atoms with Gasteiger partial charge in [-0.2, -0.15) is 4.98 Å². The molecule has 3 aliphatic heterocycles. The fourth-order valence-corrected chi connectivity index (χ4v) is 5.74. The highest BCUT2D eigenvalue weighted by molar-refractivity contribution is 5.88. The summed E-state index contributed by atoms with van der Waals surface area (Å²) in [7, 11) is 0. The first kappa shape index (κ1) is 26.1. The van der Waals surface area contributed by atoms with E-state index in [-0.39, 0.29) is 24.1 Å². The number of fused-ring (bicyclic) bond motifs is 4. The molecule has 3 aromatic heterocycles. The van der Waals surface area contributed by atoms with E-state index in [1.54, 1.807) is 42.8 Å². The molecule has 7 rings (SSSR count). The molecule has 0 spiro atoms. The third-order valence-corrected chi connectivity index (χ3v) is 7.90. The van der Waals surface area contributed by atoms with Gasteiger partial charge >= 0.3 is 0 Å². The van der Waals surface area contributed by atoms with Crippen molar-refractivity contribution in [2.45, 2.75) is 51.3 Å². The van der Waals surface area contributed by atoms with Crippen molar-refractivity contribution in [1.29, 1.82) is 0 Å². The molecular weight excluding hydrogens is 506 g/mol. The molecule has 0 amide bonds. The summed E-state index contributed by atoms with van der Waals surface area (Å²) in [6.45, 7) is 9.38. The Balaban J connectivity index is 1.29. The van der Waals surface area contributed by atoms with Gasteiger partial charge in [0.25, 0.3) is 5.56 Å². The summed E-state index contributed by atoms with van der Waals surface area (Å²) in [4.78, 5) is 42.0. The van der Waals surface area contributed by atoms with Crippen LogP contribution in [0.2, 0.25) is 0 Å². The number of carbonyl (C=O) groups excluding carboxylic acids is 1. The van der Waals surface area contributed by atoms with Gasteiger partial charge < -0.3 is 10.4 Å². The Bertz CT molecular complexity index is 1640. The Labute approximate surface area is 232 Å². The molecule has 2 N–H and O–H groups in total. The number of nitrogens with zero attached hydrogens (tertiary/aromatic N) is 6. The topological polar surface area (TPSA) is 118 Å². The zero-order valence-electron chi connectivity index (χ0n) is 22.7. The molecule has 1 atom stereocenters. The number of aliphatic hydroxyl groups is 1. The summed E-state index contributed by atoms with van der Waals surface area (Å²) in [6, 6.07) is 13.2. The number of ketones is 1. The predicted molar refractivity (Wildman–Crippen MR) is 153 cm³/mol. The summed E-state index contributed by atoms with van der Waals surface area (Å²) in [5.41, 5.74) is 1.35. The van der Waals surface area contributed by atoms with E-state index in [9.17, 15) is 14.7 Å². The lowest BCUT2D eigenvalue weighted by Crippen LogP contribution is -2.56. The summed E-state index contributed by atoms with van der Waals surface area (Å²) < 4.78 is 3.13. The van der Waals surface area contributed by atoms with E-state index < -0.39 is 5.60 Å². The number of hydrogen-bond donors (Lipinski definition) is 2. The van der Waals surface area contributed by atoms with Crippen molar-refractivity contribution in [1.82, 2.24) is 29.2 Å². The maximum atomic E-state index is 13.2. The zero-order valence-corrected chi connectivity index (χ0v) is 22.7. The Hall–Kier alpha value is -4.15. The normalized spacial score (nSPS) is 20.7. The largest absolute Gasteiger partial charge is 0.384 e. The summed E-state index contributed by atoms with van der Waals surface area (Å²) in [5.74, 6) is 1.39. The van der Waals surface area contributed by atoms with Gasteiger partial charge in [0, 0.05) is 17.8 Å². The first-order valence-electron chi connectivity index (χ1n) is 13.7. The van der Waals surface area contributed by atoms with Crippen molar-refractivity contribution in [3.63, 3.8) is 0 Å². The molecule has 0 aliphatic carbocycles. The van der Waals surface area contributed by atoms with Crippen LogP contribution in [0, 0.1) is 5.92 Å². The molecule has 6 heterocycles. The number of anilines is 2. The second kappa shape index (κ2) is 10.1. The minimum Gasteiger partial charge on any atom is -0.384 e. The standard InChI is InChI=1S/C30H33N7O3/c1-4-14-36-28(39)22-18-31-29(34-27(22)37(36)25-7-5-6-24(33-25)30(2,3)40)32-21-10-8-19(9-11-21)17-23-26(38)20-12-15-35(23)16-13-20/h4-11,18,20,23,40H,1,12-17H2,2-3H3,(H,31,32,34). The van der Waals surface area contributed by atoms with E-state index in [0.29, 0.717) is 34.3 Å². The van der Waals surface area contributed by atoms with Crippen LogP contribution in [-0.2, 0) is 23.4 Å². The molecular formula is C30H33N7O3. The van der Waals surface area contributed by atoms with Crippen LogP contribution in [-0.4, -0.2) is 59.2 Å². The van der Waals surface area contributed by atoms with Gasteiger partial charge in [-0.25, -0.2) is 19.3 Å². The van der Waals surface area contributed by atoms with E-state index in [1.807, 2.05) is 24.3 Å². The highest BCUT2D eigenvalue weighted by Crippen LogP contribution is 2.31. The van der Waals surface area contributed by atoms with Crippen LogP contribution in [0.15, 0.2) is 66.1 Å². The Morgan fingerprint density at radius 3 is 2.52 bits per heavy atom. The van der Waals surface area contributed by atoms with Gasteiger partial charge in [0.2, 0.25) is 5.95 Å². The van der Waals surface area contributed by atoms with Crippen molar-refractivity contribution in [2.24, 2.45) is 5.92 Å². The number of piperidine rings is 3. The van der Waals surface area contributed by atoms with Gasteiger partial charge in [-0.05, 0) is 76.0 Å². The number of carbonyl (C=O) groups is 1. The quantitative estimate of drug-likeness (QED) is 0.328. The number of aromatic nitrogens is 5. The smallest absolute Gasteiger partial charge is 0.278 e. The minimum atomic E-state index is -1.16. The Morgan fingerprint density at radius 1 is 1.10 bits per heavy atom. The van der Waals surface area contributed by atoms with E-state index in [4.69, 9.17) is 0 Å². The molecule has 1 aromatic carbocycles. The summed E-state index contributed by atoms with van der Waals surface area (Å²) in [6.07, 6.45) is 5.85. The van der Waals surface area contributed by atoms with E-state index >= 15 is 0 Å². The lowest BCUT2D eigenvalue weighted by molar-refractivity contribution is -0.136. The molecule has 0 saturated carbocycles. The number of hydrogen-bond acceptors (Lipinski definition) is 8. The molecule has 3 fully saturated rings. The SMILES string of the molecule is C=CCn1c(=O)c2cnc(Nc3ccc(CC4C(=O)C5CCN4CC5)cc3)nc2n1-c1cccc(C(C)(C)O)n1. The van der Waals surface area contributed by atoms with Crippen LogP contribution in [0.1, 0.15) is 37.9 Å². The van der Waals surface area contributed by atoms with Crippen molar-refractivity contribution in [3.8, 4) is 5.82 Å². The summed E-state index contributed by atoms with van der Waals surface area (Å²) >= 11 is 0. The Morgan fingerprint density at radius 2 is 1.85 bits per heavy atom. The fourth-order valence-electron chi connectivity index (χ4n) is 5.74. The van der Waals surface area contributed by atoms with Gasteiger partial charge in [0.05, 0.1) is 18.3 Å². The lowest BCUT2D eigenvalue weighted by Gasteiger charge is -2.44. The van der Waals surface area contributed by atoms with Gasteiger partial charge in [-0.3, -0.25) is 14.5 Å². The van der Waals surface area contributed by atoms with Crippen LogP contribution in [0.25, 0.3) is 16.9 Å². The second-order valence-electron chi connectivity index (χ2n) is 11.1. The molecule has 206 valence electrons. The maximum absolute atomic E-state index is 13.2. The summed E-state index contributed by atoms with van der Waals surface area (Å²) in [5, 5.41) is 14.1. The molecule has 2 bridgehead atoms. The minimum absolute atomic E-state index is 0.0168. The molecule has 4 aromatic rings. The van der Waals surface area contributed by atoms with Crippen molar-refractivity contribution < 1.29 is 9.90 Å². The molecule has 3 aliphatic rings. The molecule has 40 heavy (non-hydrogen) atoms. The lowest BCUT2D eigenvalue weighted by atomic mass is 9.80. The Kier molecular flexibility index (Phi) is 6.59. The first-order chi connectivity index (χ1) is 19.2. The van der Waals surface area contributed by atoms with Crippen molar-refractivity contribution in [2.75, 3.05) is 18.4 Å². The molecule has 3 saturated heterocycles. The van der Waals surface area contributed by atoms with Crippen LogP contribution < -0.4 is 10.9 Å². The van der Waals surface area contributed by atoms with Crippen LogP contribution in [0.4, 0.5) is 11.6 Å². The monoisotopic (exact) mass is 539 g/mol. The van der Waals surface area contributed by atoms with E-state index in [0.717, 1.165) is 43.6 Å². The van der Waals surface area contributed by atoms with Crippen LogP contribution in [0.3, 0.4) is 0 Å². The van der Waals surface area contributed by atoms with Crippen LogP contribution >= 0.6 is 0 Å². The first-order valence-corrected chi connectivity index (χ1v) is 13.7. The van der Waals surface area contributed by atoms with Gasteiger partial charge in [-0.1, -0.05) is 24.3 Å². The number of Topliss-reactive ketones (excluding diaryl/α,β-unsaturated/α-hetero) is 1. The number of allylic oxidation sites excluding steroid dienone is 1. The number of pyridine rings is 1. The number of nitrogens with one attached hydrogen (secondary N) is 1. The van der Waals surface area contributed by atoms with Crippen molar-refractivity contribution in [3.05, 3.63) is 82.9 Å². The third-order valence-electron chi connectivity index (χ3n) is 7.90. The highest BCUT2D eigenvalue weighted by atomic mass is 16.3. The second-order valence-corrected chi connectivity index (χ2v) is 11.1. The molecule has 10 nitrogen and oxygen atoms in total. The zero-order chi connectivity index (χ0) is 28.0. The molecule has 10 heteroatoms. The van der Waals surface area contributed by atoms with Gasteiger partial charge in [-0.15, -0.1) is 6.58 Å². The average Bonchev–Trinajstić information content (AvgIpc) is 3.22. The molecule has 0 radical (unpaired) electrons. The van der Waals surface area contributed by atoms with E-state index in [1.165, 1.54) is 10.9 Å².